The number of aromatic nitrogens is 1. The van der Waals surface area contributed by atoms with Crippen LogP contribution in [0.15, 0.2) is 251 Å². The number of rotatable bonds is 7. The zero-order valence-corrected chi connectivity index (χ0v) is 36.8. The lowest BCUT2D eigenvalue weighted by atomic mass is 9.98. The van der Waals surface area contributed by atoms with Crippen LogP contribution in [0.4, 0.5) is 17.1 Å². The number of nitrogens with zero attached hydrogens (tertiary/aromatic N) is 2. The molecule has 0 bridgehead atoms. The molecule has 0 atom stereocenters. The topological polar surface area (TPSA) is 34.5 Å². The highest BCUT2D eigenvalue weighted by Gasteiger charge is 2.21. The Morgan fingerprint density at radius 1 is 0.294 bits per heavy atom. The van der Waals surface area contributed by atoms with E-state index in [2.05, 4.69) is 234 Å². The van der Waals surface area contributed by atoms with Crippen molar-refractivity contribution in [1.29, 1.82) is 0 Å². The zero-order chi connectivity index (χ0) is 44.7. The van der Waals surface area contributed by atoms with E-state index < -0.39 is 0 Å². The third kappa shape index (κ3) is 6.08. The van der Waals surface area contributed by atoms with Crippen LogP contribution in [-0.4, -0.2) is 4.57 Å². The van der Waals surface area contributed by atoms with E-state index in [-0.39, 0.29) is 0 Å². The van der Waals surface area contributed by atoms with Crippen LogP contribution in [0, 0.1) is 0 Å². The fourth-order valence-corrected chi connectivity index (χ4v) is 10.5. The maximum atomic E-state index is 6.79. The fourth-order valence-electron chi connectivity index (χ4n) is 10.5. The van der Waals surface area contributed by atoms with Gasteiger partial charge in [0.1, 0.15) is 22.3 Å². The van der Waals surface area contributed by atoms with E-state index in [0.29, 0.717) is 0 Å². The second-order valence-electron chi connectivity index (χ2n) is 17.7. The molecule has 0 unspecified atom stereocenters. The van der Waals surface area contributed by atoms with Crippen molar-refractivity contribution in [2.24, 2.45) is 0 Å². The summed E-state index contributed by atoms with van der Waals surface area (Å²) in [5, 5.41) is 9.33. The summed E-state index contributed by atoms with van der Waals surface area (Å²) in [6.07, 6.45) is 0. The molecule has 3 aromatic heterocycles. The summed E-state index contributed by atoms with van der Waals surface area (Å²) >= 11 is 0. The largest absolute Gasteiger partial charge is 0.455 e. The Morgan fingerprint density at radius 2 is 0.794 bits per heavy atom. The molecular formula is C64H40N2O2. The summed E-state index contributed by atoms with van der Waals surface area (Å²) in [6.45, 7) is 0. The predicted octanol–water partition coefficient (Wildman–Crippen LogP) is 18.2. The third-order valence-electron chi connectivity index (χ3n) is 13.8. The van der Waals surface area contributed by atoms with Crippen molar-refractivity contribution in [3.63, 3.8) is 0 Å². The third-order valence-corrected chi connectivity index (χ3v) is 13.8. The van der Waals surface area contributed by atoms with Gasteiger partial charge in [-0.15, -0.1) is 0 Å². The molecule has 0 aliphatic carbocycles. The van der Waals surface area contributed by atoms with Crippen molar-refractivity contribution in [3.05, 3.63) is 243 Å². The van der Waals surface area contributed by atoms with E-state index in [1.807, 2.05) is 18.2 Å². The first-order chi connectivity index (χ1) is 33.7. The summed E-state index contributed by atoms with van der Waals surface area (Å²) in [5.74, 6) is 0. The maximum Gasteiger partial charge on any atom is 0.143 e. The molecule has 0 spiro atoms. The van der Waals surface area contributed by atoms with Gasteiger partial charge in [0.25, 0.3) is 0 Å². The molecule has 0 fully saturated rings. The van der Waals surface area contributed by atoms with Gasteiger partial charge in [0.05, 0.1) is 11.0 Å². The average molecular weight is 869 g/mol. The predicted molar refractivity (Wildman–Crippen MR) is 284 cm³/mol. The highest BCUT2D eigenvalue weighted by molar-refractivity contribution is 6.13. The van der Waals surface area contributed by atoms with Gasteiger partial charge in [-0.05, 0) is 112 Å². The molecule has 0 saturated carbocycles. The van der Waals surface area contributed by atoms with Gasteiger partial charge in [-0.25, -0.2) is 0 Å². The minimum absolute atomic E-state index is 0.859. The highest BCUT2D eigenvalue weighted by Crippen LogP contribution is 2.45. The molecule has 4 heteroatoms. The SMILES string of the molecule is c1ccc2cc(-c3ccc(N(c4ccc(-c5cccc6c5oc5ccccc56)cc4)c4cc(-c5ccc(-n6c7ccccc7c7ccccc76)cc5)c5oc6ccccc6c5c4)cc3)ccc2c1. The van der Waals surface area contributed by atoms with Crippen LogP contribution in [0.25, 0.3) is 116 Å². The van der Waals surface area contributed by atoms with E-state index in [4.69, 9.17) is 8.83 Å². The van der Waals surface area contributed by atoms with Gasteiger partial charge in [0.2, 0.25) is 0 Å². The van der Waals surface area contributed by atoms with Crippen molar-refractivity contribution in [1.82, 2.24) is 4.57 Å². The van der Waals surface area contributed by atoms with E-state index in [1.54, 1.807) is 0 Å². The van der Waals surface area contributed by atoms with Crippen molar-refractivity contribution in [3.8, 4) is 39.1 Å². The molecule has 11 aromatic carbocycles. The standard InChI is InChI=1S/C64H40N2O2/c1-2-13-45-38-46(25-24-41(45)12-1)42-26-32-47(33-27-42)65(48-34-28-43(29-35-48)51-18-11-19-56-54-16-5-9-22-61(54)67-63(51)56)50-39-57(64-58(40-50)55-17-6-10-23-62(55)68-64)44-30-36-49(37-31-44)66-59-20-7-3-14-52(59)53-15-4-8-21-60(53)66/h1-40H. The Hall–Kier alpha value is -9.12. The second-order valence-corrected chi connectivity index (χ2v) is 17.7. The molecule has 4 nitrogen and oxygen atoms in total. The average Bonchev–Trinajstić information content (AvgIpc) is 4.09. The van der Waals surface area contributed by atoms with Gasteiger partial charge in [-0.3, -0.25) is 0 Å². The first kappa shape index (κ1) is 38.2. The monoisotopic (exact) mass is 868 g/mol. The molecule has 0 radical (unpaired) electrons. The molecule has 0 amide bonds. The Kier molecular flexibility index (Phi) is 8.55. The molecule has 0 aliphatic rings. The number of furan rings is 2. The molecule has 0 saturated heterocycles. The summed E-state index contributed by atoms with van der Waals surface area (Å²) < 4.78 is 15.6. The Labute approximate surface area is 391 Å². The Balaban J connectivity index is 0.934. The van der Waals surface area contributed by atoms with Gasteiger partial charge in [0.15, 0.2) is 0 Å². The van der Waals surface area contributed by atoms with Gasteiger partial charge >= 0.3 is 0 Å². The highest BCUT2D eigenvalue weighted by atomic mass is 16.3. The number of para-hydroxylation sites is 5. The van der Waals surface area contributed by atoms with Gasteiger partial charge in [-0.2, -0.15) is 0 Å². The van der Waals surface area contributed by atoms with Crippen molar-refractivity contribution >= 4 is 93.5 Å². The van der Waals surface area contributed by atoms with Crippen molar-refractivity contribution in [2.75, 3.05) is 4.90 Å². The lowest BCUT2D eigenvalue weighted by Crippen LogP contribution is -2.10. The maximum absolute atomic E-state index is 6.79. The molecule has 3 heterocycles. The fraction of sp³-hybridized carbons (Fsp3) is 0. The van der Waals surface area contributed by atoms with Crippen LogP contribution < -0.4 is 4.90 Å². The lowest BCUT2D eigenvalue weighted by Gasteiger charge is -2.27. The first-order valence-electron chi connectivity index (χ1n) is 23.1. The smallest absolute Gasteiger partial charge is 0.143 e. The van der Waals surface area contributed by atoms with Crippen LogP contribution in [-0.2, 0) is 0 Å². The Morgan fingerprint density at radius 3 is 1.47 bits per heavy atom. The molecule has 0 aliphatic heterocycles. The van der Waals surface area contributed by atoms with Crippen molar-refractivity contribution in [2.45, 2.75) is 0 Å². The van der Waals surface area contributed by atoms with Gasteiger partial charge in [0, 0.05) is 66.2 Å². The first-order valence-corrected chi connectivity index (χ1v) is 23.1. The molecule has 318 valence electrons. The van der Waals surface area contributed by atoms with Crippen LogP contribution >= 0.6 is 0 Å². The summed E-state index contributed by atoms with van der Waals surface area (Å²) in [4.78, 5) is 2.37. The van der Waals surface area contributed by atoms with Gasteiger partial charge < -0.3 is 18.3 Å². The number of benzene rings is 11. The minimum Gasteiger partial charge on any atom is -0.455 e. The second kappa shape index (κ2) is 15.2. The number of hydrogen-bond acceptors (Lipinski definition) is 3. The number of anilines is 3. The zero-order valence-electron chi connectivity index (χ0n) is 36.8. The van der Waals surface area contributed by atoms with Crippen molar-refractivity contribution < 1.29 is 8.83 Å². The summed E-state index contributed by atoms with van der Waals surface area (Å²) in [5.41, 5.74) is 16.7. The van der Waals surface area contributed by atoms with Gasteiger partial charge in [-0.1, -0.05) is 164 Å². The minimum atomic E-state index is 0.859. The lowest BCUT2D eigenvalue weighted by molar-refractivity contribution is 0.669. The van der Waals surface area contributed by atoms with E-state index in [9.17, 15) is 0 Å². The quantitative estimate of drug-likeness (QED) is 0.160. The van der Waals surface area contributed by atoms with Crippen LogP contribution in [0.3, 0.4) is 0 Å². The molecule has 0 N–H and O–H groups in total. The molecule has 14 rings (SSSR count). The molecular weight excluding hydrogens is 829 g/mol. The molecule has 14 aromatic rings. The Bertz CT molecular complexity index is 4200. The van der Waals surface area contributed by atoms with Crippen LogP contribution in [0.2, 0.25) is 0 Å². The van der Waals surface area contributed by atoms with Crippen LogP contribution in [0.1, 0.15) is 0 Å². The summed E-state index contributed by atoms with van der Waals surface area (Å²) in [6, 6.07) is 87.0. The molecule has 68 heavy (non-hydrogen) atoms. The summed E-state index contributed by atoms with van der Waals surface area (Å²) in [7, 11) is 0. The van der Waals surface area contributed by atoms with E-state index >= 15 is 0 Å². The van der Waals surface area contributed by atoms with Crippen LogP contribution in [0.5, 0.6) is 0 Å². The normalized spacial score (nSPS) is 11.8. The van der Waals surface area contributed by atoms with E-state index in [0.717, 1.165) is 94.4 Å². The number of hydrogen-bond donors (Lipinski definition) is 0. The van der Waals surface area contributed by atoms with E-state index in [1.165, 1.54) is 38.1 Å². The number of fused-ring (bicyclic) bond motifs is 10.